The number of hydrogen-bond donors (Lipinski definition) is 1. The van der Waals surface area contributed by atoms with Crippen LogP contribution in [0.1, 0.15) is 59.3 Å². The number of nitrogens with one attached hydrogen (secondary N) is 1. The second kappa shape index (κ2) is 6.84. The average molecular weight is 321 g/mol. The summed E-state index contributed by atoms with van der Waals surface area (Å²) in [6, 6.07) is 2.59. The molecule has 0 saturated carbocycles. The lowest BCUT2D eigenvalue weighted by molar-refractivity contribution is 0.367. The third-order valence-corrected chi connectivity index (χ3v) is 4.97. The number of rotatable bonds is 6. The SMILES string of the molecule is COc1c(CN[C@@H](C)c2cc(C)sc2C)c(C(C)C)nn1C. The molecular weight excluding hydrogens is 294 g/mol. The quantitative estimate of drug-likeness (QED) is 0.871. The zero-order chi connectivity index (χ0) is 16.4. The van der Waals surface area contributed by atoms with Crippen molar-refractivity contribution in [3.63, 3.8) is 0 Å². The van der Waals surface area contributed by atoms with Gasteiger partial charge in [-0.1, -0.05) is 13.8 Å². The van der Waals surface area contributed by atoms with Crippen LogP contribution >= 0.6 is 11.3 Å². The molecule has 22 heavy (non-hydrogen) atoms. The summed E-state index contributed by atoms with van der Waals surface area (Å²) in [5.41, 5.74) is 3.66. The molecule has 122 valence electrons. The van der Waals surface area contributed by atoms with Crippen molar-refractivity contribution < 1.29 is 4.74 Å². The molecule has 0 aromatic carbocycles. The molecule has 0 bridgehead atoms. The number of aromatic nitrogens is 2. The molecule has 0 aliphatic carbocycles. The van der Waals surface area contributed by atoms with Crippen molar-refractivity contribution in [1.82, 2.24) is 15.1 Å². The van der Waals surface area contributed by atoms with E-state index in [4.69, 9.17) is 4.74 Å². The van der Waals surface area contributed by atoms with Crippen molar-refractivity contribution >= 4 is 11.3 Å². The molecule has 0 unspecified atom stereocenters. The van der Waals surface area contributed by atoms with Gasteiger partial charge in [0.15, 0.2) is 0 Å². The van der Waals surface area contributed by atoms with Crippen molar-refractivity contribution in [1.29, 1.82) is 0 Å². The van der Waals surface area contributed by atoms with Crippen molar-refractivity contribution in [2.45, 2.75) is 53.1 Å². The number of aryl methyl sites for hydroxylation is 3. The summed E-state index contributed by atoms with van der Waals surface area (Å²) < 4.78 is 7.37. The molecule has 4 nitrogen and oxygen atoms in total. The van der Waals surface area contributed by atoms with E-state index in [0.717, 1.165) is 23.7 Å². The highest BCUT2D eigenvalue weighted by Gasteiger charge is 2.20. The Morgan fingerprint density at radius 3 is 2.50 bits per heavy atom. The first kappa shape index (κ1) is 17.0. The molecule has 2 aromatic heterocycles. The van der Waals surface area contributed by atoms with E-state index in [0.29, 0.717) is 12.0 Å². The Labute approximate surface area is 137 Å². The van der Waals surface area contributed by atoms with E-state index in [9.17, 15) is 0 Å². The first-order chi connectivity index (χ1) is 10.3. The maximum atomic E-state index is 5.54. The summed E-state index contributed by atoms with van der Waals surface area (Å²) in [4.78, 5) is 2.75. The fourth-order valence-corrected chi connectivity index (χ4v) is 3.93. The maximum Gasteiger partial charge on any atom is 0.216 e. The van der Waals surface area contributed by atoms with Crippen LogP contribution in [0.2, 0.25) is 0 Å². The van der Waals surface area contributed by atoms with Crippen LogP contribution in [0.5, 0.6) is 5.88 Å². The largest absolute Gasteiger partial charge is 0.481 e. The predicted octanol–water partition coefficient (Wildman–Crippen LogP) is 4.08. The summed E-state index contributed by atoms with van der Waals surface area (Å²) in [5.74, 6) is 1.23. The normalized spacial score (nSPS) is 12.9. The molecule has 0 radical (unpaired) electrons. The molecule has 1 N–H and O–H groups in total. The minimum absolute atomic E-state index is 0.315. The molecule has 2 heterocycles. The van der Waals surface area contributed by atoms with E-state index in [1.54, 1.807) is 7.11 Å². The number of ether oxygens (including phenoxy) is 1. The van der Waals surface area contributed by atoms with Gasteiger partial charge in [-0.25, -0.2) is 4.68 Å². The van der Waals surface area contributed by atoms with Gasteiger partial charge in [-0.15, -0.1) is 11.3 Å². The second-order valence-corrected chi connectivity index (χ2v) is 7.58. The minimum Gasteiger partial charge on any atom is -0.481 e. The van der Waals surface area contributed by atoms with Gasteiger partial charge < -0.3 is 10.1 Å². The first-order valence-electron chi connectivity index (χ1n) is 7.75. The van der Waals surface area contributed by atoms with Crippen LogP contribution in [-0.4, -0.2) is 16.9 Å². The van der Waals surface area contributed by atoms with Gasteiger partial charge in [0.05, 0.1) is 18.4 Å². The topological polar surface area (TPSA) is 39.1 Å². The Hall–Kier alpha value is -1.33. The molecular formula is C17H27N3OS. The zero-order valence-corrected chi connectivity index (χ0v) is 15.5. The lowest BCUT2D eigenvalue weighted by atomic mass is 10.0. The first-order valence-corrected chi connectivity index (χ1v) is 8.56. The number of hydrogen-bond acceptors (Lipinski definition) is 4. The fraction of sp³-hybridized carbons (Fsp3) is 0.588. The number of methoxy groups -OCH3 is 1. The molecule has 2 rings (SSSR count). The van der Waals surface area contributed by atoms with Gasteiger partial charge in [0.25, 0.3) is 0 Å². The smallest absolute Gasteiger partial charge is 0.216 e. The van der Waals surface area contributed by atoms with Gasteiger partial charge in [-0.05, 0) is 38.3 Å². The van der Waals surface area contributed by atoms with Crippen LogP contribution < -0.4 is 10.1 Å². The standard InChI is InChI=1S/C17H27N3OS/c1-10(2)16-15(17(21-7)20(6)19-16)9-18-12(4)14-8-11(3)22-13(14)5/h8,10,12,18H,9H2,1-7H3/t12-/m0/s1. The third kappa shape index (κ3) is 3.36. The minimum atomic E-state index is 0.315. The van der Waals surface area contributed by atoms with E-state index in [1.165, 1.54) is 15.3 Å². The molecule has 0 aliphatic rings. The Morgan fingerprint density at radius 2 is 2.00 bits per heavy atom. The van der Waals surface area contributed by atoms with Crippen LogP contribution in [-0.2, 0) is 13.6 Å². The van der Waals surface area contributed by atoms with Crippen molar-refractivity contribution in [2.24, 2.45) is 7.05 Å². The molecule has 0 aliphatic heterocycles. The van der Waals surface area contributed by atoms with E-state index in [-0.39, 0.29) is 0 Å². The molecule has 1 atom stereocenters. The monoisotopic (exact) mass is 321 g/mol. The van der Waals surface area contributed by atoms with E-state index < -0.39 is 0 Å². The van der Waals surface area contributed by atoms with E-state index in [2.05, 4.69) is 51.1 Å². The van der Waals surface area contributed by atoms with Gasteiger partial charge in [0.2, 0.25) is 5.88 Å². The Balaban J connectivity index is 2.19. The lowest BCUT2D eigenvalue weighted by Gasteiger charge is -2.15. The van der Waals surface area contributed by atoms with E-state index in [1.807, 2.05) is 23.1 Å². The van der Waals surface area contributed by atoms with Crippen LogP contribution in [0, 0.1) is 13.8 Å². The summed E-state index contributed by atoms with van der Waals surface area (Å²) >= 11 is 1.86. The fourth-order valence-electron chi connectivity index (χ4n) is 2.90. The van der Waals surface area contributed by atoms with Gasteiger partial charge in [0.1, 0.15) is 0 Å². The van der Waals surface area contributed by atoms with E-state index >= 15 is 0 Å². The summed E-state index contributed by atoms with van der Waals surface area (Å²) in [6.07, 6.45) is 0. The lowest BCUT2D eigenvalue weighted by Crippen LogP contribution is -2.19. The van der Waals surface area contributed by atoms with Crippen molar-refractivity contribution in [2.75, 3.05) is 7.11 Å². The predicted molar refractivity (Wildman–Crippen MR) is 92.9 cm³/mol. The molecule has 0 fully saturated rings. The molecule has 5 heteroatoms. The highest BCUT2D eigenvalue weighted by molar-refractivity contribution is 7.12. The van der Waals surface area contributed by atoms with Crippen molar-refractivity contribution in [3.05, 3.63) is 32.6 Å². The summed E-state index contributed by atoms with van der Waals surface area (Å²) in [6.45, 7) is 11.7. The highest BCUT2D eigenvalue weighted by Crippen LogP contribution is 2.29. The molecule has 0 spiro atoms. The third-order valence-electron chi connectivity index (χ3n) is 3.99. The highest BCUT2D eigenvalue weighted by atomic mass is 32.1. The van der Waals surface area contributed by atoms with Crippen molar-refractivity contribution in [3.8, 4) is 5.88 Å². The van der Waals surface area contributed by atoms with Crippen LogP contribution in [0.25, 0.3) is 0 Å². The Morgan fingerprint density at radius 1 is 1.32 bits per heavy atom. The van der Waals surface area contributed by atoms with Crippen LogP contribution in [0.3, 0.4) is 0 Å². The summed E-state index contributed by atoms with van der Waals surface area (Å²) in [7, 11) is 3.64. The van der Waals surface area contributed by atoms with Gasteiger partial charge in [-0.2, -0.15) is 5.10 Å². The van der Waals surface area contributed by atoms with Crippen LogP contribution in [0.15, 0.2) is 6.07 Å². The van der Waals surface area contributed by atoms with Gasteiger partial charge in [0, 0.05) is 29.4 Å². The zero-order valence-electron chi connectivity index (χ0n) is 14.7. The Kier molecular flexibility index (Phi) is 5.29. The maximum absolute atomic E-state index is 5.54. The molecule has 0 saturated heterocycles. The van der Waals surface area contributed by atoms with Crippen LogP contribution in [0.4, 0.5) is 0 Å². The van der Waals surface area contributed by atoms with Gasteiger partial charge >= 0.3 is 0 Å². The summed E-state index contributed by atoms with van der Waals surface area (Å²) in [5, 5.41) is 8.23. The second-order valence-electron chi connectivity index (χ2n) is 6.12. The number of nitrogens with zero attached hydrogens (tertiary/aromatic N) is 2. The Bertz CT molecular complexity index is 643. The number of thiophene rings is 1. The van der Waals surface area contributed by atoms with Gasteiger partial charge in [-0.3, -0.25) is 0 Å². The molecule has 2 aromatic rings. The molecule has 0 amide bonds. The average Bonchev–Trinajstić information content (AvgIpc) is 2.95.